The molecule has 0 unspecified atom stereocenters. The highest BCUT2D eigenvalue weighted by molar-refractivity contribution is 5.77. The number of ether oxygens (including phenoxy) is 1. The third-order valence-corrected chi connectivity index (χ3v) is 4.49. The fourth-order valence-corrected chi connectivity index (χ4v) is 2.95. The summed E-state index contributed by atoms with van der Waals surface area (Å²) in [6.45, 7) is 4.91. The smallest absolute Gasteiger partial charge is 0.246 e. The zero-order valence-electron chi connectivity index (χ0n) is 15.2. The Balaban J connectivity index is 1.47. The highest BCUT2D eigenvalue weighted by Gasteiger charge is 2.18. The molecule has 1 aromatic heterocycles. The van der Waals surface area contributed by atoms with Crippen LogP contribution < -0.4 is 10.2 Å². The Labute approximate surface area is 154 Å². The molecule has 6 heteroatoms. The second kappa shape index (κ2) is 9.31. The SMILES string of the molecule is CN1CCN(c2ncccc2CNC(=O)COCc2ccccc2)CC1. The van der Waals surface area contributed by atoms with E-state index in [1.54, 1.807) is 0 Å². The van der Waals surface area contributed by atoms with E-state index in [1.165, 1.54) is 0 Å². The van der Waals surface area contributed by atoms with Gasteiger partial charge in [-0.25, -0.2) is 4.98 Å². The van der Waals surface area contributed by atoms with Gasteiger partial charge < -0.3 is 19.9 Å². The van der Waals surface area contributed by atoms with Crippen molar-refractivity contribution < 1.29 is 9.53 Å². The lowest BCUT2D eigenvalue weighted by atomic mass is 10.2. The third kappa shape index (κ3) is 5.28. The van der Waals surface area contributed by atoms with Crippen molar-refractivity contribution in [1.82, 2.24) is 15.2 Å². The minimum atomic E-state index is -0.117. The second-order valence-corrected chi connectivity index (χ2v) is 6.53. The molecular formula is C20H26N4O2. The largest absolute Gasteiger partial charge is 0.367 e. The van der Waals surface area contributed by atoms with Crippen molar-refractivity contribution >= 4 is 11.7 Å². The number of carbonyl (C=O) groups excluding carboxylic acids is 1. The van der Waals surface area contributed by atoms with E-state index in [0.29, 0.717) is 13.2 Å². The molecule has 0 spiro atoms. The maximum absolute atomic E-state index is 12.1. The van der Waals surface area contributed by atoms with Crippen LogP contribution in [-0.2, 0) is 22.7 Å². The van der Waals surface area contributed by atoms with Crippen molar-refractivity contribution in [2.45, 2.75) is 13.2 Å². The summed E-state index contributed by atoms with van der Waals surface area (Å²) >= 11 is 0. The summed E-state index contributed by atoms with van der Waals surface area (Å²) in [4.78, 5) is 21.2. The van der Waals surface area contributed by atoms with Crippen molar-refractivity contribution in [3.63, 3.8) is 0 Å². The molecule has 0 bridgehead atoms. The van der Waals surface area contributed by atoms with Gasteiger partial charge in [-0.05, 0) is 18.7 Å². The van der Waals surface area contributed by atoms with E-state index in [4.69, 9.17) is 4.74 Å². The van der Waals surface area contributed by atoms with Crippen molar-refractivity contribution in [1.29, 1.82) is 0 Å². The van der Waals surface area contributed by atoms with Crippen LogP contribution in [0.25, 0.3) is 0 Å². The molecule has 2 heterocycles. The topological polar surface area (TPSA) is 57.7 Å². The summed E-state index contributed by atoms with van der Waals surface area (Å²) in [5.41, 5.74) is 2.10. The van der Waals surface area contributed by atoms with Gasteiger partial charge >= 0.3 is 0 Å². The first-order valence-electron chi connectivity index (χ1n) is 8.98. The van der Waals surface area contributed by atoms with Crippen LogP contribution in [0.3, 0.4) is 0 Å². The number of anilines is 1. The minimum absolute atomic E-state index is 0.0546. The number of pyridine rings is 1. The first-order chi connectivity index (χ1) is 12.7. The number of nitrogens with zero attached hydrogens (tertiary/aromatic N) is 3. The van der Waals surface area contributed by atoms with Crippen LogP contribution in [0.15, 0.2) is 48.7 Å². The van der Waals surface area contributed by atoms with Gasteiger partial charge in [-0.1, -0.05) is 36.4 Å². The van der Waals surface area contributed by atoms with Gasteiger partial charge in [0.1, 0.15) is 12.4 Å². The molecule has 0 aliphatic carbocycles. The Morgan fingerprint density at radius 1 is 1.12 bits per heavy atom. The number of amides is 1. The molecule has 3 rings (SSSR count). The summed E-state index contributed by atoms with van der Waals surface area (Å²) in [6, 6.07) is 13.8. The molecule has 1 saturated heterocycles. The molecule has 1 aliphatic heterocycles. The summed E-state index contributed by atoms with van der Waals surface area (Å²) in [5, 5.41) is 2.93. The number of likely N-dealkylation sites (N-methyl/N-ethyl adjacent to an activating group) is 1. The van der Waals surface area contributed by atoms with Crippen molar-refractivity contribution in [3.05, 3.63) is 59.8 Å². The molecule has 138 valence electrons. The number of benzene rings is 1. The molecule has 1 N–H and O–H groups in total. The van der Waals surface area contributed by atoms with Gasteiger partial charge in [-0.2, -0.15) is 0 Å². The molecule has 1 amide bonds. The minimum Gasteiger partial charge on any atom is -0.367 e. The highest BCUT2D eigenvalue weighted by atomic mass is 16.5. The van der Waals surface area contributed by atoms with Crippen LogP contribution in [0.1, 0.15) is 11.1 Å². The molecule has 1 aromatic carbocycles. The first-order valence-corrected chi connectivity index (χ1v) is 8.98. The van der Waals surface area contributed by atoms with E-state index in [1.807, 2.05) is 48.7 Å². The molecule has 1 fully saturated rings. The average molecular weight is 354 g/mol. The predicted molar refractivity (Wildman–Crippen MR) is 102 cm³/mol. The van der Waals surface area contributed by atoms with Gasteiger partial charge in [0.15, 0.2) is 0 Å². The zero-order valence-corrected chi connectivity index (χ0v) is 15.2. The highest BCUT2D eigenvalue weighted by Crippen LogP contribution is 2.18. The van der Waals surface area contributed by atoms with E-state index < -0.39 is 0 Å². The van der Waals surface area contributed by atoms with E-state index in [-0.39, 0.29) is 12.5 Å². The van der Waals surface area contributed by atoms with Gasteiger partial charge in [0.25, 0.3) is 0 Å². The predicted octanol–water partition coefficient (Wildman–Crippen LogP) is 1.67. The lowest BCUT2D eigenvalue weighted by molar-refractivity contribution is -0.126. The number of carbonyl (C=O) groups is 1. The summed E-state index contributed by atoms with van der Waals surface area (Å²) < 4.78 is 5.48. The van der Waals surface area contributed by atoms with E-state index in [0.717, 1.165) is 43.1 Å². The Bertz CT molecular complexity index is 700. The molecule has 0 atom stereocenters. The lowest BCUT2D eigenvalue weighted by Crippen LogP contribution is -2.45. The third-order valence-electron chi connectivity index (χ3n) is 4.49. The molecule has 6 nitrogen and oxygen atoms in total. The number of hydrogen-bond acceptors (Lipinski definition) is 5. The summed E-state index contributed by atoms with van der Waals surface area (Å²) in [7, 11) is 2.13. The fourth-order valence-electron chi connectivity index (χ4n) is 2.95. The van der Waals surface area contributed by atoms with Crippen molar-refractivity contribution in [2.24, 2.45) is 0 Å². The lowest BCUT2D eigenvalue weighted by Gasteiger charge is -2.34. The summed E-state index contributed by atoms with van der Waals surface area (Å²) in [6.07, 6.45) is 1.81. The number of rotatable bonds is 7. The Morgan fingerprint density at radius 2 is 1.88 bits per heavy atom. The number of nitrogens with one attached hydrogen (secondary N) is 1. The maximum Gasteiger partial charge on any atom is 0.246 e. The van der Waals surface area contributed by atoms with E-state index >= 15 is 0 Å². The quantitative estimate of drug-likeness (QED) is 0.820. The number of aromatic nitrogens is 1. The second-order valence-electron chi connectivity index (χ2n) is 6.53. The van der Waals surface area contributed by atoms with Gasteiger partial charge in [0, 0.05) is 44.5 Å². The molecule has 1 aliphatic rings. The molecule has 2 aromatic rings. The molecular weight excluding hydrogens is 328 g/mol. The molecule has 26 heavy (non-hydrogen) atoms. The van der Waals surface area contributed by atoms with Crippen LogP contribution in [0.4, 0.5) is 5.82 Å². The maximum atomic E-state index is 12.1. The first kappa shape index (κ1) is 18.4. The van der Waals surface area contributed by atoms with E-state index in [2.05, 4.69) is 27.1 Å². The Morgan fingerprint density at radius 3 is 2.65 bits per heavy atom. The fraction of sp³-hybridized carbons (Fsp3) is 0.400. The monoisotopic (exact) mass is 354 g/mol. The van der Waals surface area contributed by atoms with Crippen LogP contribution >= 0.6 is 0 Å². The van der Waals surface area contributed by atoms with Gasteiger partial charge in [-0.3, -0.25) is 4.79 Å². The van der Waals surface area contributed by atoms with Crippen LogP contribution in [0.2, 0.25) is 0 Å². The number of hydrogen-bond donors (Lipinski definition) is 1. The van der Waals surface area contributed by atoms with Crippen molar-refractivity contribution in [3.8, 4) is 0 Å². The Hall–Kier alpha value is -2.44. The van der Waals surface area contributed by atoms with Crippen LogP contribution in [0, 0.1) is 0 Å². The van der Waals surface area contributed by atoms with E-state index in [9.17, 15) is 4.79 Å². The molecule has 0 saturated carbocycles. The zero-order chi connectivity index (χ0) is 18.2. The average Bonchev–Trinajstić information content (AvgIpc) is 2.68. The van der Waals surface area contributed by atoms with Crippen LogP contribution in [-0.4, -0.2) is 55.6 Å². The van der Waals surface area contributed by atoms with Gasteiger partial charge in [-0.15, -0.1) is 0 Å². The van der Waals surface area contributed by atoms with Gasteiger partial charge in [0.2, 0.25) is 5.91 Å². The summed E-state index contributed by atoms with van der Waals surface area (Å²) in [5.74, 6) is 0.847. The molecule has 0 radical (unpaired) electrons. The van der Waals surface area contributed by atoms with Crippen LogP contribution in [0.5, 0.6) is 0 Å². The standard InChI is InChI=1S/C20H26N4O2/c1-23-10-12-24(13-11-23)20-18(8-5-9-21-20)14-22-19(25)16-26-15-17-6-3-2-4-7-17/h2-9H,10-16H2,1H3,(H,22,25). The normalized spacial score (nSPS) is 15.0. The van der Waals surface area contributed by atoms with Gasteiger partial charge in [0.05, 0.1) is 6.61 Å². The number of piperazine rings is 1. The van der Waals surface area contributed by atoms with Crippen molar-refractivity contribution in [2.75, 3.05) is 44.7 Å². The Kier molecular flexibility index (Phi) is 6.57.